The summed E-state index contributed by atoms with van der Waals surface area (Å²) < 4.78 is 55.9. The fourth-order valence-corrected chi connectivity index (χ4v) is 6.22. The zero-order valence-electron chi connectivity index (χ0n) is 19.7. The number of aromatic nitrogens is 2. The van der Waals surface area contributed by atoms with E-state index in [0.717, 1.165) is 24.0 Å². The summed E-state index contributed by atoms with van der Waals surface area (Å²) in [5.74, 6) is -0.306. The molecule has 0 bridgehead atoms. The Labute approximate surface area is 208 Å². The number of hydrogen-bond acceptors (Lipinski definition) is 5. The van der Waals surface area contributed by atoms with Crippen molar-refractivity contribution in [2.24, 2.45) is 0 Å². The molecule has 1 aromatic heterocycles. The molecule has 3 aromatic rings. The third-order valence-electron chi connectivity index (χ3n) is 6.73. The minimum atomic E-state index is -3.56. The molecule has 2 atom stereocenters. The number of amides is 1. The van der Waals surface area contributed by atoms with Crippen LogP contribution >= 0.6 is 0 Å². The summed E-state index contributed by atoms with van der Waals surface area (Å²) in [4.78, 5) is 13.2. The summed E-state index contributed by atoms with van der Waals surface area (Å²) in [5, 5.41) is 10.0. The number of carbonyl (C=O) groups excluding carboxylic acids is 1. The molecular formula is C25H27F2N5O3S. The molecule has 36 heavy (non-hydrogen) atoms. The van der Waals surface area contributed by atoms with Crippen LogP contribution in [0.1, 0.15) is 52.8 Å². The van der Waals surface area contributed by atoms with E-state index in [2.05, 4.69) is 15.7 Å². The lowest BCUT2D eigenvalue weighted by Gasteiger charge is -2.32. The number of alkyl halides is 2. The first-order valence-corrected chi connectivity index (χ1v) is 13.3. The van der Waals surface area contributed by atoms with Crippen LogP contribution < -0.4 is 10.6 Å². The SMILES string of the molecule is Cc1ccc(C2CC(C(F)F)n3ncc(C(=O)Nc4ccc(S(=O)(=O)N5CCCC5)cc4)c3N2)cc1. The van der Waals surface area contributed by atoms with Gasteiger partial charge in [-0.1, -0.05) is 29.8 Å². The first-order chi connectivity index (χ1) is 17.2. The van der Waals surface area contributed by atoms with Crippen LogP contribution in [-0.4, -0.2) is 47.9 Å². The number of benzene rings is 2. The van der Waals surface area contributed by atoms with Crippen LogP contribution in [0.2, 0.25) is 0 Å². The van der Waals surface area contributed by atoms with E-state index in [-0.39, 0.29) is 22.7 Å². The van der Waals surface area contributed by atoms with Crippen molar-refractivity contribution >= 4 is 27.4 Å². The Kier molecular flexibility index (Phi) is 6.52. The fraction of sp³-hybridized carbons (Fsp3) is 0.360. The molecule has 1 amide bonds. The second-order valence-corrected chi connectivity index (χ2v) is 11.1. The lowest BCUT2D eigenvalue weighted by molar-refractivity contribution is 0.0657. The molecule has 0 aliphatic carbocycles. The van der Waals surface area contributed by atoms with E-state index in [0.29, 0.717) is 18.8 Å². The number of nitrogens with zero attached hydrogens (tertiary/aromatic N) is 3. The van der Waals surface area contributed by atoms with Crippen molar-refractivity contribution in [1.29, 1.82) is 0 Å². The van der Waals surface area contributed by atoms with Crippen molar-refractivity contribution in [3.8, 4) is 0 Å². The molecule has 190 valence electrons. The standard InChI is InChI=1S/C25H27F2N5O3S/c1-16-4-6-17(7-5-16)21-14-22(23(26)27)32-24(30-21)20(15-28-32)25(33)29-18-8-10-19(11-9-18)36(34,35)31-12-2-3-13-31/h4-11,15,21-23,30H,2-3,12-14H2,1H3,(H,29,33). The molecular weight excluding hydrogens is 488 g/mol. The Balaban J connectivity index is 1.37. The number of fused-ring (bicyclic) bond motifs is 1. The van der Waals surface area contributed by atoms with Gasteiger partial charge in [-0.15, -0.1) is 0 Å². The van der Waals surface area contributed by atoms with Crippen molar-refractivity contribution in [2.75, 3.05) is 23.7 Å². The van der Waals surface area contributed by atoms with E-state index in [1.54, 1.807) is 0 Å². The van der Waals surface area contributed by atoms with E-state index in [1.165, 1.54) is 39.4 Å². The fourth-order valence-electron chi connectivity index (χ4n) is 4.70. The average Bonchev–Trinajstić information content (AvgIpc) is 3.55. The number of hydrogen-bond donors (Lipinski definition) is 2. The normalized spacial score (nSPS) is 20.2. The summed E-state index contributed by atoms with van der Waals surface area (Å²) in [5.41, 5.74) is 2.42. The number of nitrogens with one attached hydrogen (secondary N) is 2. The van der Waals surface area contributed by atoms with Gasteiger partial charge in [0.1, 0.15) is 17.4 Å². The third kappa shape index (κ3) is 4.60. The monoisotopic (exact) mass is 515 g/mol. The van der Waals surface area contributed by atoms with Crippen molar-refractivity contribution in [2.45, 2.75) is 49.6 Å². The smallest absolute Gasteiger partial charge is 0.261 e. The van der Waals surface area contributed by atoms with E-state index in [1.807, 2.05) is 31.2 Å². The van der Waals surface area contributed by atoms with Gasteiger partial charge in [0.15, 0.2) is 0 Å². The molecule has 1 fully saturated rings. The molecule has 1 saturated heterocycles. The maximum atomic E-state index is 13.9. The quantitative estimate of drug-likeness (QED) is 0.501. The first kappa shape index (κ1) is 24.4. The van der Waals surface area contributed by atoms with Gasteiger partial charge in [0.25, 0.3) is 12.3 Å². The predicted octanol–water partition coefficient (Wildman–Crippen LogP) is 4.59. The average molecular weight is 516 g/mol. The van der Waals surface area contributed by atoms with Crippen LogP contribution in [0.5, 0.6) is 0 Å². The van der Waals surface area contributed by atoms with Gasteiger partial charge in [-0.05, 0) is 56.0 Å². The second-order valence-electron chi connectivity index (χ2n) is 9.19. The molecule has 0 radical (unpaired) electrons. The third-order valence-corrected chi connectivity index (χ3v) is 8.64. The highest BCUT2D eigenvalue weighted by Crippen LogP contribution is 2.39. The summed E-state index contributed by atoms with van der Waals surface area (Å²) in [6.45, 7) is 2.96. The van der Waals surface area contributed by atoms with Crippen LogP contribution in [0.15, 0.2) is 59.6 Å². The van der Waals surface area contributed by atoms with Crippen LogP contribution in [0.3, 0.4) is 0 Å². The van der Waals surface area contributed by atoms with Gasteiger partial charge < -0.3 is 10.6 Å². The minimum absolute atomic E-state index is 0.128. The molecule has 0 saturated carbocycles. The molecule has 2 unspecified atom stereocenters. The number of sulfonamides is 1. The van der Waals surface area contributed by atoms with E-state index in [4.69, 9.17) is 0 Å². The Morgan fingerprint density at radius 2 is 1.75 bits per heavy atom. The van der Waals surface area contributed by atoms with Gasteiger partial charge in [0.2, 0.25) is 10.0 Å². The van der Waals surface area contributed by atoms with Crippen molar-refractivity contribution < 1.29 is 22.0 Å². The van der Waals surface area contributed by atoms with Crippen LogP contribution in [0.25, 0.3) is 0 Å². The van der Waals surface area contributed by atoms with E-state index >= 15 is 0 Å². The molecule has 3 heterocycles. The number of carbonyl (C=O) groups is 1. The van der Waals surface area contributed by atoms with Gasteiger partial charge in [-0.25, -0.2) is 21.9 Å². The van der Waals surface area contributed by atoms with Crippen molar-refractivity contribution in [3.05, 3.63) is 71.4 Å². The maximum Gasteiger partial charge on any atom is 0.261 e. The van der Waals surface area contributed by atoms with Gasteiger partial charge >= 0.3 is 0 Å². The van der Waals surface area contributed by atoms with Crippen LogP contribution in [0.4, 0.5) is 20.3 Å². The highest BCUT2D eigenvalue weighted by atomic mass is 32.2. The Bertz CT molecular complexity index is 1350. The molecule has 2 aromatic carbocycles. The summed E-state index contributed by atoms with van der Waals surface area (Å²) in [7, 11) is -3.56. The largest absolute Gasteiger partial charge is 0.363 e. The Morgan fingerprint density at radius 1 is 1.08 bits per heavy atom. The zero-order valence-corrected chi connectivity index (χ0v) is 20.5. The molecule has 5 rings (SSSR count). The Hall–Kier alpha value is -3.31. The summed E-state index contributed by atoms with van der Waals surface area (Å²) >= 11 is 0. The number of aryl methyl sites for hydroxylation is 1. The van der Waals surface area contributed by atoms with Gasteiger partial charge in [-0.3, -0.25) is 4.79 Å². The highest BCUT2D eigenvalue weighted by Gasteiger charge is 2.36. The van der Waals surface area contributed by atoms with Gasteiger partial charge in [0, 0.05) is 18.8 Å². The number of anilines is 2. The lowest BCUT2D eigenvalue weighted by atomic mass is 9.96. The van der Waals surface area contributed by atoms with Crippen LogP contribution in [-0.2, 0) is 10.0 Å². The predicted molar refractivity (Wildman–Crippen MR) is 132 cm³/mol. The zero-order chi connectivity index (χ0) is 25.4. The molecule has 2 aliphatic rings. The molecule has 11 heteroatoms. The van der Waals surface area contributed by atoms with E-state index in [9.17, 15) is 22.0 Å². The number of rotatable bonds is 6. The molecule has 0 spiro atoms. The maximum absolute atomic E-state index is 13.9. The van der Waals surface area contributed by atoms with Gasteiger partial charge in [-0.2, -0.15) is 9.40 Å². The van der Waals surface area contributed by atoms with Crippen LogP contribution in [0, 0.1) is 6.92 Å². The highest BCUT2D eigenvalue weighted by molar-refractivity contribution is 7.89. The minimum Gasteiger partial charge on any atom is -0.363 e. The van der Waals surface area contributed by atoms with Crippen molar-refractivity contribution in [1.82, 2.24) is 14.1 Å². The second kappa shape index (κ2) is 9.62. The summed E-state index contributed by atoms with van der Waals surface area (Å²) in [6, 6.07) is 12.0. The van der Waals surface area contributed by atoms with E-state index < -0.39 is 34.4 Å². The first-order valence-electron chi connectivity index (χ1n) is 11.8. The molecule has 2 aliphatic heterocycles. The van der Waals surface area contributed by atoms with Crippen molar-refractivity contribution in [3.63, 3.8) is 0 Å². The Morgan fingerprint density at radius 3 is 2.39 bits per heavy atom. The molecule has 2 N–H and O–H groups in total. The van der Waals surface area contributed by atoms with Gasteiger partial charge in [0.05, 0.1) is 17.1 Å². The molecule has 8 nitrogen and oxygen atoms in total. The topological polar surface area (TPSA) is 96.3 Å². The lowest BCUT2D eigenvalue weighted by Crippen LogP contribution is -2.31. The number of halogens is 2. The summed E-state index contributed by atoms with van der Waals surface area (Å²) in [6.07, 6.45) is 0.434.